The molecular weight excluding hydrogens is 908 g/mol. The van der Waals surface area contributed by atoms with Crippen LogP contribution in [0.3, 0.4) is 0 Å². The Labute approximate surface area is 407 Å². The maximum absolute atomic E-state index is 16.3. The third-order valence-corrected chi connectivity index (χ3v) is 13.2. The highest BCUT2D eigenvalue weighted by molar-refractivity contribution is 6.07. The van der Waals surface area contributed by atoms with Gasteiger partial charge >= 0.3 is 0 Å². The Morgan fingerprint density at radius 3 is 0.845 bits per heavy atom. The van der Waals surface area contributed by atoms with Gasteiger partial charge in [0.2, 0.25) is 5.82 Å². The summed E-state index contributed by atoms with van der Waals surface area (Å²) < 4.78 is 77.9. The van der Waals surface area contributed by atoms with Gasteiger partial charge in [0.1, 0.15) is 0 Å². The second-order valence-electron chi connectivity index (χ2n) is 21.3. The Balaban J connectivity index is 1.54. The molecule has 15 heteroatoms. The van der Waals surface area contributed by atoms with Crippen molar-refractivity contribution in [3.63, 3.8) is 0 Å². The molecular formula is C56H55F5N10. The number of nitrogens with zero attached hydrogens (tertiary/aromatic N) is 2. The van der Waals surface area contributed by atoms with Crippen LogP contribution in [0.2, 0.25) is 0 Å². The van der Waals surface area contributed by atoms with Gasteiger partial charge in [-0.05, 0) is 118 Å². The number of nitrogens with two attached hydrogens (primary N) is 6. The number of benzene rings is 4. The normalized spacial score (nSPS) is 12.9. The first kappa shape index (κ1) is 48.0. The topological polar surface area (TPSA) is 213 Å². The summed E-state index contributed by atoms with van der Waals surface area (Å²) in [5, 5.41) is 0. The van der Waals surface area contributed by atoms with Crippen LogP contribution in [-0.2, 0) is 16.2 Å². The second-order valence-corrected chi connectivity index (χ2v) is 21.3. The van der Waals surface area contributed by atoms with Crippen LogP contribution in [0.25, 0.3) is 90.9 Å². The number of anilines is 6. The number of rotatable bonds is 4. The van der Waals surface area contributed by atoms with Crippen molar-refractivity contribution in [2.75, 3.05) is 34.4 Å². The van der Waals surface area contributed by atoms with E-state index in [4.69, 9.17) is 44.4 Å². The molecule has 0 saturated carbocycles. The molecule has 71 heavy (non-hydrogen) atoms. The summed E-state index contributed by atoms with van der Waals surface area (Å²) in [7, 11) is 0. The van der Waals surface area contributed by atoms with E-state index in [1.165, 1.54) is 12.2 Å². The Bertz CT molecular complexity index is 3400. The number of halogens is 5. The number of nitrogens with one attached hydrogen (secondary N) is 2. The lowest BCUT2D eigenvalue weighted by Crippen LogP contribution is -2.13. The summed E-state index contributed by atoms with van der Waals surface area (Å²) in [4.78, 5) is 17.0. The summed E-state index contributed by atoms with van der Waals surface area (Å²) in [6, 6.07) is 18.3. The first-order chi connectivity index (χ1) is 33.1. The maximum atomic E-state index is 16.3. The summed E-state index contributed by atoms with van der Waals surface area (Å²) in [5.41, 5.74) is 48.1. The Hall–Kier alpha value is -8.07. The number of H-pyrrole nitrogens is 2. The molecule has 2 aliphatic rings. The van der Waals surface area contributed by atoms with E-state index in [9.17, 15) is 4.39 Å². The Morgan fingerprint density at radius 1 is 0.324 bits per heavy atom. The molecule has 0 unspecified atom stereocenters. The number of nitrogen functional groups attached to an aromatic ring is 6. The van der Waals surface area contributed by atoms with Crippen molar-refractivity contribution >= 4 is 80.5 Å². The lowest BCUT2D eigenvalue weighted by molar-refractivity contribution is 0.381. The Morgan fingerprint density at radius 2 is 0.563 bits per heavy atom. The number of hydrogen-bond acceptors (Lipinski definition) is 8. The third-order valence-electron chi connectivity index (χ3n) is 13.2. The summed E-state index contributed by atoms with van der Waals surface area (Å²) in [6.45, 7) is 18.3. The van der Waals surface area contributed by atoms with Gasteiger partial charge in [0.05, 0.1) is 28.3 Å². The second kappa shape index (κ2) is 16.5. The molecule has 5 heterocycles. The number of fused-ring (bicyclic) bond motifs is 8. The van der Waals surface area contributed by atoms with Crippen LogP contribution in [0.5, 0.6) is 0 Å². The van der Waals surface area contributed by atoms with Crippen LogP contribution in [-0.4, -0.2) is 19.9 Å². The van der Waals surface area contributed by atoms with Crippen molar-refractivity contribution in [1.29, 1.82) is 0 Å². The van der Waals surface area contributed by atoms with Crippen molar-refractivity contribution in [3.8, 4) is 44.5 Å². The molecule has 4 aromatic carbocycles. The van der Waals surface area contributed by atoms with Gasteiger partial charge in [0, 0.05) is 95.1 Å². The average molecular weight is 963 g/mol. The molecule has 7 aromatic rings. The van der Waals surface area contributed by atoms with E-state index in [0.717, 1.165) is 16.7 Å². The van der Waals surface area contributed by atoms with Gasteiger partial charge in [-0.2, -0.15) is 0 Å². The van der Waals surface area contributed by atoms with Crippen molar-refractivity contribution in [2.45, 2.75) is 78.6 Å². The van der Waals surface area contributed by atoms with Gasteiger partial charge < -0.3 is 44.4 Å². The van der Waals surface area contributed by atoms with Crippen molar-refractivity contribution in [2.24, 2.45) is 0 Å². The monoisotopic (exact) mass is 962 g/mol. The minimum absolute atomic E-state index is 0.180. The van der Waals surface area contributed by atoms with Crippen LogP contribution < -0.4 is 34.4 Å². The predicted molar refractivity (Wildman–Crippen MR) is 283 cm³/mol. The molecule has 9 rings (SSSR count). The van der Waals surface area contributed by atoms with E-state index in [-0.39, 0.29) is 61.8 Å². The molecule has 364 valence electrons. The van der Waals surface area contributed by atoms with E-state index in [0.29, 0.717) is 66.8 Å². The molecule has 2 aliphatic heterocycles. The quantitative estimate of drug-likeness (QED) is 0.0367. The molecule has 14 N–H and O–H groups in total. The zero-order valence-corrected chi connectivity index (χ0v) is 40.8. The molecule has 0 saturated heterocycles. The van der Waals surface area contributed by atoms with Gasteiger partial charge in [-0.1, -0.05) is 62.3 Å². The van der Waals surface area contributed by atoms with Gasteiger partial charge in [-0.15, -0.1) is 0 Å². The highest BCUT2D eigenvalue weighted by Crippen LogP contribution is 2.47. The van der Waals surface area contributed by atoms with Crippen LogP contribution in [0.4, 0.5) is 56.1 Å². The van der Waals surface area contributed by atoms with E-state index < -0.39 is 40.2 Å². The molecule has 0 radical (unpaired) electrons. The van der Waals surface area contributed by atoms with Crippen LogP contribution in [0, 0.1) is 29.1 Å². The fourth-order valence-corrected chi connectivity index (χ4v) is 9.31. The van der Waals surface area contributed by atoms with Crippen molar-refractivity contribution in [3.05, 3.63) is 129 Å². The fraction of sp³-hybridized carbons (Fsp3) is 0.214. The summed E-state index contributed by atoms with van der Waals surface area (Å²) >= 11 is 0. The van der Waals surface area contributed by atoms with Crippen molar-refractivity contribution < 1.29 is 22.0 Å². The molecule has 0 aliphatic carbocycles. The summed E-state index contributed by atoms with van der Waals surface area (Å²) in [6.07, 6.45) is 5.92. The molecule has 0 spiro atoms. The maximum Gasteiger partial charge on any atom is 0.200 e. The zero-order chi connectivity index (χ0) is 51.5. The minimum Gasteiger partial charge on any atom is -0.398 e. The van der Waals surface area contributed by atoms with E-state index >= 15 is 17.6 Å². The van der Waals surface area contributed by atoms with Crippen LogP contribution >= 0.6 is 0 Å². The number of hydrogen-bond donors (Lipinski definition) is 8. The highest BCUT2D eigenvalue weighted by Gasteiger charge is 2.32. The standard InChI is InChI=1S/C56H55F5N10/c1-54(2,3)24-18-27(62)41(28(63)19-24)44-33-10-12-35(68-33)45(42-29(64)20-25(21-30(42)65)55(4,5)6)37-14-16-39(70-37)47(48-49(57)51(59)53(61)52(60)50(48)58)40-17-15-38(71-40)46(36-13-11-34(44)69-36)43-31(66)22-26(23-32(43)67)56(7,8)9/h10-23,68-69H,62-67H2,1-9H3. The predicted octanol–water partition coefficient (Wildman–Crippen LogP) is 13.4. The zero-order valence-electron chi connectivity index (χ0n) is 40.8. The molecule has 0 fully saturated rings. The number of aromatic amines is 2. The van der Waals surface area contributed by atoms with Crippen LogP contribution in [0.15, 0.2) is 60.7 Å². The first-order valence-corrected chi connectivity index (χ1v) is 22.9. The van der Waals surface area contributed by atoms with Gasteiger partial charge in [0.25, 0.3) is 0 Å². The van der Waals surface area contributed by atoms with E-state index in [2.05, 4.69) is 30.7 Å². The van der Waals surface area contributed by atoms with Crippen LogP contribution in [0.1, 0.15) is 102 Å². The fourth-order valence-electron chi connectivity index (χ4n) is 9.31. The molecule has 0 atom stereocenters. The Kier molecular flexibility index (Phi) is 11.2. The largest absolute Gasteiger partial charge is 0.398 e. The molecule has 10 nitrogen and oxygen atoms in total. The SMILES string of the molecule is CC(C)(C)c1cc(N)c(-c2c3nc(c(-c4c(F)c(F)c(F)c(F)c4F)c4nc(c(-c5c(N)cc(C(C)(C)C)cc5N)c5ccc([nH]5)c(-c5c(N)cc(C(C)(C)C)cc5N)c5ccc2[nH]5)C=C4)C=C3)c(N)c1. The highest BCUT2D eigenvalue weighted by atomic mass is 19.2. The van der Waals surface area contributed by atoms with E-state index in [1.54, 1.807) is 24.3 Å². The van der Waals surface area contributed by atoms with E-state index in [1.807, 2.05) is 90.1 Å². The summed E-state index contributed by atoms with van der Waals surface area (Å²) in [5.74, 6) is -10.8. The smallest absolute Gasteiger partial charge is 0.200 e. The van der Waals surface area contributed by atoms with Gasteiger partial charge in [0.15, 0.2) is 23.3 Å². The number of aromatic nitrogens is 4. The third kappa shape index (κ3) is 8.08. The minimum atomic E-state index is -2.32. The van der Waals surface area contributed by atoms with Gasteiger partial charge in [-0.25, -0.2) is 31.9 Å². The van der Waals surface area contributed by atoms with Gasteiger partial charge in [-0.3, -0.25) is 0 Å². The lowest BCUT2D eigenvalue weighted by atomic mass is 9.84. The average Bonchev–Trinajstić information content (AvgIpc) is 4.12. The lowest BCUT2D eigenvalue weighted by Gasteiger charge is -2.22. The molecule has 8 bridgehead atoms. The first-order valence-electron chi connectivity index (χ1n) is 22.9. The van der Waals surface area contributed by atoms with Crippen molar-refractivity contribution in [1.82, 2.24) is 19.9 Å². The molecule has 0 amide bonds. The molecule has 3 aromatic heterocycles.